The van der Waals surface area contributed by atoms with Crippen LogP contribution in [0.15, 0.2) is 61.2 Å². The van der Waals surface area contributed by atoms with Crippen molar-refractivity contribution in [2.24, 2.45) is 0 Å². The van der Waals surface area contributed by atoms with E-state index in [-0.39, 0.29) is 12.5 Å². The summed E-state index contributed by atoms with van der Waals surface area (Å²) in [5.74, 6) is 1.28. The summed E-state index contributed by atoms with van der Waals surface area (Å²) in [5, 5.41) is 0.691. The Morgan fingerprint density at radius 1 is 1.12 bits per heavy atom. The van der Waals surface area contributed by atoms with E-state index in [0.717, 1.165) is 28.9 Å². The number of anilines is 1. The molecule has 0 aliphatic rings. The van der Waals surface area contributed by atoms with E-state index in [2.05, 4.69) is 18.0 Å². The molecular formula is C24H26N4O3S. The number of hydrogen-bond donors (Lipinski definition) is 0. The number of imidazole rings is 1. The van der Waals surface area contributed by atoms with Crippen LogP contribution in [0.5, 0.6) is 11.5 Å². The van der Waals surface area contributed by atoms with Crippen LogP contribution in [-0.2, 0) is 11.3 Å². The highest BCUT2D eigenvalue weighted by molar-refractivity contribution is 7.22. The van der Waals surface area contributed by atoms with Crippen molar-refractivity contribution in [1.29, 1.82) is 0 Å². The Labute approximate surface area is 191 Å². The first kappa shape index (κ1) is 21.8. The molecule has 0 aliphatic carbocycles. The summed E-state index contributed by atoms with van der Waals surface area (Å²) in [6.45, 7) is 5.85. The third-order valence-electron chi connectivity index (χ3n) is 4.92. The number of carbonyl (C=O) groups is 1. The number of nitrogens with zero attached hydrogens (tertiary/aromatic N) is 4. The number of carbonyl (C=O) groups excluding carboxylic acids is 1. The highest BCUT2D eigenvalue weighted by Crippen LogP contribution is 2.30. The highest BCUT2D eigenvalue weighted by atomic mass is 32.1. The first-order valence-electron chi connectivity index (χ1n) is 10.6. The molecule has 0 spiro atoms. The van der Waals surface area contributed by atoms with Crippen LogP contribution in [0, 0.1) is 6.92 Å². The van der Waals surface area contributed by atoms with Crippen molar-refractivity contribution in [3.8, 4) is 11.5 Å². The quantitative estimate of drug-likeness (QED) is 0.350. The molecule has 0 fully saturated rings. The van der Waals surface area contributed by atoms with Crippen LogP contribution >= 0.6 is 11.3 Å². The zero-order valence-corrected chi connectivity index (χ0v) is 19.0. The van der Waals surface area contributed by atoms with Crippen molar-refractivity contribution in [3.05, 3.63) is 66.7 Å². The summed E-state index contributed by atoms with van der Waals surface area (Å²) in [6, 6.07) is 13.4. The minimum absolute atomic E-state index is 0.0615. The van der Waals surface area contributed by atoms with Gasteiger partial charge in [-0.25, -0.2) is 9.97 Å². The summed E-state index contributed by atoms with van der Waals surface area (Å²) in [4.78, 5) is 23.7. The van der Waals surface area contributed by atoms with Gasteiger partial charge in [0.1, 0.15) is 11.5 Å². The number of hydrogen-bond acceptors (Lipinski definition) is 6. The van der Waals surface area contributed by atoms with Gasteiger partial charge in [-0.3, -0.25) is 9.69 Å². The van der Waals surface area contributed by atoms with Gasteiger partial charge in [-0.1, -0.05) is 17.4 Å². The molecule has 2 heterocycles. The summed E-state index contributed by atoms with van der Waals surface area (Å²) >= 11 is 1.53. The number of thiazole rings is 1. The lowest BCUT2D eigenvalue weighted by Crippen LogP contribution is -2.36. The van der Waals surface area contributed by atoms with Gasteiger partial charge in [0.25, 0.3) is 5.91 Å². The van der Waals surface area contributed by atoms with E-state index in [1.807, 2.05) is 54.1 Å². The molecule has 0 atom stereocenters. The van der Waals surface area contributed by atoms with Crippen molar-refractivity contribution in [1.82, 2.24) is 14.5 Å². The topological polar surface area (TPSA) is 69.5 Å². The molecule has 166 valence electrons. The second kappa shape index (κ2) is 10.3. The van der Waals surface area contributed by atoms with Gasteiger partial charge in [-0.15, -0.1) is 0 Å². The monoisotopic (exact) mass is 450 g/mol. The minimum atomic E-state index is -0.125. The van der Waals surface area contributed by atoms with Crippen LogP contribution in [0.3, 0.4) is 0 Å². The zero-order valence-electron chi connectivity index (χ0n) is 18.2. The van der Waals surface area contributed by atoms with Gasteiger partial charge in [-0.2, -0.15) is 0 Å². The molecule has 0 saturated carbocycles. The highest BCUT2D eigenvalue weighted by Gasteiger charge is 2.20. The number of fused-ring (bicyclic) bond motifs is 1. The molecule has 0 N–H and O–H groups in total. The predicted octanol–water partition coefficient (Wildman–Crippen LogP) is 4.70. The van der Waals surface area contributed by atoms with E-state index in [9.17, 15) is 4.79 Å². The number of aryl methyl sites for hydroxylation is 2. The first-order chi connectivity index (χ1) is 15.6. The Hall–Kier alpha value is -3.39. The Bertz CT molecular complexity index is 1160. The van der Waals surface area contributed by atoms with Crippen LogP contribution < -0.4 is 14.4 Å². The Morgan fingerprint density at radius 3 is 2.62 bits per heavy atom. The number of rotatable bonds is 10. The summed E-state index contributed by atoms with van der Waals surface area (Å²) in [6.07, 6.45) is 6.23. The van der Waals surface area contributed by atoms with Gasteiger partial charge < -0.3 is 14.0 Å². The lowest BCUT2D eigenvalue weighted by molar-refractivity contribution is -0.120. The molecule has 0 aliphatic heterocycles. The van der Waals surface area contributed by atoms with Crippen LogP contribution in [0.25, 0.3) is 10.2 Å². The molecule has 7 nitrogen and oxygen atoms in total. The summed E-state index contributed by atoms with van der Waals surface area (Å²) in [7, 11) is 0. The molecule has 8 heteroatoms. The van der Waals surface area contributed by atoms with Crippen LogP contribution in [-0.4, -0.2) is 40.2 Å². The molecule has 0 unspecified atom stereocenters. The number of amides is 1. The predicted molar refractivity (Wildman–Crippen MR) is 127 cm³/mol. The molecule has 0 saturated heterocycles. The minimum Gasteiger partial charge on any atom is -0.494 e. The van der Waals surface area contributed by atoms with Gasteiger partial charge in [0.2, 0.25) is 0 Å². The Morgan fingerprint density at radius 2 is 1.91 bits per heavy atom. The Balaban J connectivity index is 1.46. The average molecular weight is 451 g/mol. The molecule has 4 rings (SSSR count). The third kappa shape index (κ3) is 5.45. The largest absolute Gasteiger partial charge is 0.494 e. The lowest BCUT2D eigenvalue weighted by Gasteiger charge is -2.20. The van der Waals surface area contributed by atoms with Crippen LogP contribution in [0.4, 0.5) is 5.13 Å². The normalized spacial score (nSPS) is 10.9. The van der Waals surface area contributed by atoms with Crippen molar-refractivity contribution in [2.75, 3.05) is 24.7 Å². The average Bonchev–Trinajstić information content (AvgIpc) is 3.45. The van der Waals surface area contributed by atoms with E-state index in [4.69, 9.17) is 14.5 Å². The van der Waals surface area contributed by atoms with E-state index in [1.165, 1.54) is 16.9 Å². The molecule has 2 aromatic carbocycles. The van der Waals surface area contributed by atoms with Gasteiger partial charge in [-0.05, 0) is 62.2 Å². The molecule has 0 radical (unpaired) electrons. The van der Waals surface area contributed by atoms with E-state index >= 15 is 0 Å². The molecule has 32 heavy (non-hydrogen) atoms. The fourth-order valence-corrected chi connectivity index (χ4v) is 4.42. The van der Waals surface area contributed by atoms with E-state index < -0.39 is 0 Å². The van der Waals surface area contributed by atoms with Crippen LogP contribution in [0.1, 0.15) is 18.9 Å². The van der Waals surface area contributed by atoms with Crippen molar-refractivity contribution < 1.29 is 14.3 Å². The number of ether oxygens (including phenoxy) is 2. The molecular weight excluding hydrogens is 424 g/mol. The van der Waals surface area contributed by atoms with Crippen molar-refractivity contribution in [2.45, 2.75) is 26.8 Å². The van der Waals surface area contributed by atoms with Crippen molar-refractivity contribution >= 4 is 32.6 Å². The van der Waals surface area contributed by atoms with Crippen LogP contribution in [0.2, 0.25) is 0 Å². The third-order valence-corrected chi connectivity index (χ3v) is 5.96. The smallest absolute Gasteiger partial charge is 0.266 e. The SMILES string of the molecule is CCOc1ccc(OCC(=O)N(CCCn2ccnc2)c2nc3ccc(C)cc3s2)cc1. The van der Waals surface area contributed by atoms with Gasteiger partial charge >= 0.3 is 0 Å². The van der Waals surface area contributed by atoms with E-state index in [0.29, 0.717) is 24.0 Å². The van der Waals surface area contributed by atoms with Gasteiger partial charge in [0.05, 0.1) is 23.2 Å². The zero-order chi connectivity index (χ0) is 22.3. The maximum absolute atomic E-state index is 13.1. The Kier molecular flexibility index (Phi) is 7.01. The molecule has 1 amide bonds. The standard InChI is InChI=1S/C24H26N4O3S/c1-3-30-19-6-8-20(9-7-19)31-16-23(29)28(13-4-12-27-14-11-25-17-27)24-26-21-10-5-18(2)15-22(21)32-24/h5-11,14-15,17H,3-4,12-13,16H2,1-2H3. The second-order valence-electron chi connectivity index (χ2n) is 7.36. The number of benzene rings is 2. The lowest BCUT2D eigenvalue weighted by atomic mass is 10.2. The van der Waals surface area contributed by atoms with E-state index in [1.54, 1.807) is 17.4 Å². The maximum Gasteiger partial charge on any atom is 0.266 e. The summed E-state index contributed by atoms with van der Waals surface area (Å²) in [5.41, 5.74) is 2.07. The molecule has 2 aromatic heterocycles. The fraction of sp³-hybridized carbons (Fsp3) is 0.292. The number of aromatic nitrogens is 3. The van der Waals surface area contributed by atoms with Gasteiger partial charge in [0.15, 0.2) is 11.7 Å². The fourth-order valence-electron chi connectivity index (χ4n) is 3.31. The molecule has 0 bridgehead atoms. The first-order valence-corrected chi connectivity index (χ1v) is 11.4. The summed E-state index contributed by atoms with van der Waals surface area (Å²) < 4.78 is 14.3. The van der Waals surface area contributed by atoms with Gasteiger partial charge in [0, 0.05) is 25.5 Å². The molecule has 4 aromatic rings. The maximum atomic E-state index is 13.1. The second-order valence-corrected chi connectivity index (χ2v) is 8.37. The van der Waals surface area contributed by atoms with Crippen molar-refractivity contribution in [3.63, 3.8) is 0 Å².